The number of carbonyl (C=O) groups is 2. The topological polar surface area (TPSA) is 43.9 Å². The predicted molar refractivity (Wildman–Crippen MR) is 78.3 cm³/mol. The molecule has 2 heterocycles. The summed E-state index contributed by atoms with van der Waals surface area (Å²) < 4.78 is 0. The van der Waals surface area contributed by atoms with E-state index in [9.17, 15) is 9.59 Å². The first-order chi connectivity index (χ1) is 9.58. The quantitative estimate of drug-likeness (QED) is 0.765. The van der Waals surface area contributed by atoms with E-state index in [1.54, 1.807) is 0 Å². The average molecular weight is 281 g/mol. The van der Waals surface area contributed by atoms with E-state index >= 15 is 0 Å². The minimum Gasteiger partial charge on any atom is -0.339 e. The summed E-state index contributed by atoms with van der Waals surface area (Å²) in [6.45, 7) is 9.79. The molecule has 2 amide bonds. The molecular formula is C15H27N3O2. The van der Waals surface area contributed by atoms with E-state index in [1.807, 2.05) is 23.6 Å². The summed E-state index contributed by atoms with van der Waals surface area (Å²) in [5, 5.41) is 0. The van der Waals surface area contributed by atoms with Gasteiger partial charge in [0.2, 0.25) is 11.8 Å². The molecule has 2 aliphatic rings. The highest BCUT2D eigenvalue weighted by molar-refractivity contribution is 5.79. The number of hydrogen-bond donors (Lipinski definition) is 0. The minimum atomic E-state index is 0.0485. The molecule has 0 spiro atoms. The summed E-state index contributed by atoms with van der Waals surface area (Å²) in [5.41, 5.74) is 0. The Labute approximate surface area is 121 Å². The Hall–Kier alpha value is -1.10. The zero-order valence-electron chi connectivity index (χ0n) is 12.8. The Kier molecular flexibility index (Phi) is 5.40. The number of rotatable bonds is 4. The monoisotopic (exact) mass is 281 g/mol. The Morgan fingerprint density at radius 1 is 0.900 bits per heavy atom. The van der Waals surface area contributed by atoms with Gasteiger partial charge in [-0.15, -0.1) is 0 Å². The molecule has 0 aromatic heterocycles. The molecule has 0 aromatic carbocycles. The van der Waals surface area contributed by atoms with E-state index in [4.69, 9.17) is 0 Å². The van der Waals surface area contributed by atoms with Crippen molar-refractivity contribution in [2.75, 3.05) is 45.8 Å². The smallest absolute Gasteiger partial charge is 0.225 e. The minimum absolute atomic E-state index is 0.0485. The highest BCUT2D eigenvalue weighted by Gasteiger charge is 2.25. The predicted octanol–water partition coefficient (Wildman–Crippen LogP) is 0.799. The normalized spacial score (nSPS) is 20.8. The van der Waals surface area contributed by atoms with Crippen molar-refractivity contribution >= 4 is 11.8 Å². The lowest BCUT2D eigenvalue weighted by atomic mass is 10.1. The summed E-state index contributed by atoms with van der Waals surface area (Å²) in [7, 11) is 0. The van der Waals surface area contributed by atoms with E-state index in [1.165, 1.54) is 12.8 Å². The van der Waals surface area contributed by atoms with Gasteiger partial charge in [0.25, 0.3) is 0 Å². The molecule has 0 radical (unpaired) electrons. The van der Waals surface area contributed by atoms with Gasteiger partial charge in [-0.1, -0.05) is 13.8 Å². The summed E-state index contributed by atoms with van der Waals surface area (Å²) in [4.78, 5) is 30.2. The molecule has 0 saturated carbocycles. The number of hydrogen-bond acceptors (Lipinski definition) is 3. The Morgan fingerprint density at radius 3 is 2.00 bits per heavy atom. The fraction of sp³-hybridized carbons (Fsp3) is 0.867. The maximum atomic E-state index is 12.2. The van der Waals surface area contributed by atoms with Crippen LogP contribution in [0.25, 0.3) is 0 Å². The third-order valence-corrected chi connectivity index (χ3v) is 4.28. The third kappa shape index (κ3) is 3.95. The van der Waals surface area contributed by atoms with Crippen LogP contribution >= 0.6 is 0 Å². The van der Waals surface area contributed by atoms with Crippen molar-refractivity contribution in [3.63, 3.8) is 0 Å². The van der Waals surface area contributed by atoms with E-state index in [-0.39, 0.29) is 17.7 Å². The maximum Gasteiger partial charge on any atom is 0.225 e. The summed E-state index contributed by atoms with van der Waals surface area (Å²) in [6, 6.07) is 0. The molecule has 0 bridgehead atoms. The molecule has 2 aliphatic heterocycles. The van der Waals surface area contributed by atoms with Gasteiger partial charge in [0.1, 0.15) is 0 Å². The van der Waals surface area contributed by atoms with Crippen LogP contribution in [0, 0.1) is 5.92 Å². The van der Waals surface area contributed by atoms with Crippen LogP contribution in [-0.2, 0) is 9.59 Å². The van der Waals surface area contributed by atoms with E-state index in [0.29, 0.717) is 32.6 Å². The second kappa shape index (κ2) is 7.07. The van der Waals surface area contributed by atoms with Gasteiger partial charge >= 0.3 is 0 Å². The Balaban J connectivity index is 1.70. The highest BCUT2D eigenvalue weighted by Crippen LogP contribution is 2.11. The molecule has 0 atom stereocenters. The highest BCUT2D eigenvalue weighted by atomic mass is 16.2. The summed E-state index contributed by atoms with van der Waals surface area (Å²) in [5.74, 6) is 0.495. The number of amides is 2. The van der Waals surface area contributed by atoms with Crippen molar-refractivity contribution in [2.24, 2.45) is 5.92 Å². The molecule has 0 aliphatic carbocycles. The van der Waals surface area contributed by atoms with E-state index in [2.05, 4.69) is 4.90 Å². The Morgan fingerprint density at radius 2 is 1.45 bits per heavy atom. The van der Waals surface area contributed by atoms with Gasteiger partial charge in [-0.25, -0.2) is 0 Å². The van der Waals surface area contributed by atoms with Gasteiger partial charge in [0.05, 0.1) is 0 Å². The van der Waals surface area contributed by atoms with Crippen LogP contribution in [0.3, 0.4) is 0 Å². The largest absolute Gasteiger partial charge is 0.339 e. The molecule has 114 valence electrons. The fourth-order valence-corrected chi connectivity index (χ4v) is 2.96. The van der Waals surface area contributed by atoms with Crippen molar-refractivity contribution in [1.82, 2.24) is 14.7 Å². The van der Waals surface area contributed by atoms with Gasteiger partial charge in [-0.3, -0.25) is 9.59 Å². The first-order valence-electron chi connectivity index (χ1n) is 7.87. The molecule has 0 aromatic rings. The molecule has 0 N–H and O–H groups in total. The van der Waals surface area contributed by atoms with Crippen LogP contribution in [-0.4, -0.2) is 72.3 Å². The van der Waals surface area contributed by atoms with Crippen LogP contribution in [0.1, 0.15) is 33.1 Å². The molecule has 5 nitrogen and oxygen atoms in total. The van der Waals surface area contributed by atoms with Crippen LogP contribution < -0.4 is 0 Å². The number of likely N-dealkylation sites (tertiary alicyclic amines) is 1. The standard InChI is InChI=1S/C15H27N3O2/c1-13(2)15(20)18-11-9-17(10-12-18)14(19)5-8-16-6-3-4-7-16/h13H,3-12H2,1-2H3. The van der Waals surface area contributed by atoms with Crippen LogP contribution in [0.4, 0.5) is 0 Å². The van der Waals surface area contributed by atoms with E-state index in [0.717, 1.165) is 19.6 Å². The molecule has 0 unspecified atom stereocenters. The van der Waals surface area contributed by atoms with Crippen molar-refractivity contribution in [1.29, 1.82) is 0 Å². The van der Waals surface area contributed by atoms with Gasteiger partial charge in [0, 0.05) is 45.1 Å². The maximum absolute atomic E-state index is 12.2. The van der Waals surface area contributed by atoms with Crippen molar-refractivity contribution < 1.29 is 9.59 Å². The van der Waals surface area contributed by atoms with Gasteiger partial charge in [-0.05, 0) is 25.9 Å². The second-order valence-electron chi connectivity index (χ2n) is 6.16. The van der Waals surface area contributed by atoms with Crippen molar-refractivity contribution in [3.8, 4) is 0 Å². The zero-order valence-corrected chi connectivity index (χ0v) is 12.8. The van der Waals surface area contributed by atoms with Crippen molar-refractivity contribution in [2.45, 2.75) is 33.1 Å². The molecule has 2 saturated heterocycles. The first kappa shape index (κ1) is 15.3. The number of carbonyl (C=O) groups excluding carboxylic acids is 2. The fourth-order valence-electron chi connectivity index (χ4n) is 2.96. The first-order valence-corrected chi connectivity index (χ1v) is 7.87. The number of nitrogens with zero attached hydrogens (tertiary/aromatic N) is 3. The van der Waals surface area contributed by atoms with Crippen molar-refractivity contribution in [3.05, 3.63) is 0 Å². The molecule has 2 rings (SSSR count). The molecule has 2 fully saturated rings. The van der Waals surface area contributed by atoms with Gasteiger partial charge in [0.15, 0.2) is 0 Å². The number of piperazine rings is 1. The Bertz CT molecular complexity index is 343. The van der Waals surface area contributed by atoms with Gasteiger partial charge < -0.3 is 14.7 Å². The summed E-state index contributed by atoms with van der Waals surface area (Å²) >= 11 is 0. The van der Waals surface area contributed by atoms with Gasteiger partial charge in [-0.2, -0.15) is 0 Å². The third-order valence-electron chi connectivity index (χ3n) is 4.28. The van der Waals surface area contributed by atoms with Crippen LogP contribution in [0.15, 0.2) is 0 Å². The molecule has 20 heavy (non-hydrogen) atoms. The van der Waals surface area contributed by atoms with Crippen LogP contribution in [0.2, 0.25) is 0 Å². The zero-order chi connectivity index (χ0) is 14.5. The summed E-state index contributed by atoms with van der Waals surface area (Å²) in [6.07, 6.45) is 3.16. The van der Waals surface area contributed by atoms with E-state index < -0.39 is 0 Å². The van der Waals surface area contributed by atoms with Crippen LogP contribution in [0.5, 0.6) is 0 Å². The second-order valence-corrected chi connectivity index (χ2v) is 6.16. The lowest BCUT2D eigenvalue weighted by Gasteiger charge is -2.35. The molecular weight excluding hydrogens is 254 g/mol. The average Bonchev–Trinajstić information content (AvgIpc) is 2.97. The SMILES string of the molecule is CC(C)C(=O)N1CCN(C(=O)CCN2CCCC2)CC1. The lowest BCUT2D eigenvalue weighted by molar-refractivity contribution is -0.141. The lowest BCUT2D eigenvalue weighted by Crippen LogP contribution is -2.51. The molecule has 5 heteroatoms.